The largest absolute Gasteiger partial charge is 0.368 e. The highest BCUT2D eigenvalue weighted by molar-refractivity contribution is 7.71. The summed E-state index contributed by atoms with van der Waals surface area (Å²) in [6.07, 6.45) is 0.890. The Bertz CT molecular complexity index is 1130. The smallest absolute Gasteiger partial charge is 0.262 e. The van der Waals surface area contributed by atoms with Gasteiger partial charge in [0.2, 0.25) is 0 Å². The second-order valence-corrected chi connectivity index (χ2v) is 8.36. The first-order valence-corrected chi connectivity index (χ1v) is 10.8. The summed E-state index contributed by atoms with van der Waals surface area (Å²) in [7, 11) is 0. The molecule has 3 aromatic rings. The van der Waals surface area contributed by atoms with Gasteiger partial charge < -0.3 is 9.88 Å². The quantitative estimate of drug-likeness (QED) is 0.617. The van der Waals surface area contributed by atoms with Gasteiger partial charge in [-0.2, -0.15) is 0 Å². The average molecular weight is 429 g/mol. The van der Waals surface area contributed by atoms with E-state index in [9.17, 15) is 4.79 Å². The molecule has 0 spiro atoms. The highest BCUT2D eigenvalue weighted by atomic mass is 35.5. The number of aromatic amines is 1. The van der Waals surface area contributed by atoms with Crippen LogP contribution in [0.1, 0.15) is 12.0 Å². The third-order valence-corrected chi connectivity index (χ3v) is 6.20. The Morgan fingerprint density at radius 2 is 1.83 bits per heavy atom. The van der Waals surface area contributed by atoms with E-state index < -0.39 is 0 Å². The summed E-state index contributed by atoms with van der Waals surface area (Å²) in [6, 6.07) is 13.7. The van der Waals surface area contributed by atoms with Crippen molar-refractivity contribution in [1.29, 1.82) is 0 Å². The lowest BCUT2D eigenvalue weighted by molar-refractivity contribution is 0.250. The molecule has 0 atom stereocenters. The summed E-state index contributed by atoms with van der Waals surface area (Å²) in [6.45, 7) is 7.56. The van der Waals surface area contributed by atoms with Crippen LogP contribution in [0.5, 0.6) is 0 Å². The second-order valence-electron chi connectivity index (χ2n) is 7.57. The average Bonchev–Trinajstić information content (AvgIpc) is 2.73. The van der Waals surface area contributed by atoms with E-state index in [2.05, 4.69) is 27.8 Å². The zero-order valence-corrected chi connectivity index (χ0v) is 18.1. The van der Waals surface area contributed by atoms with Crippen LogP contribution in [0.4, 0.5) is 5.69 Å². The van der Waals surface area contributed by atoms with Gasteiger partial charge >= 0.3 is 0 Å². The standard InChI is InChI=1S/C22H25ClN4OS/c1-16-7-8-18(23)20(15-16)26-13-11-25(12-14-26)9-4-10-27-21(28)17-5-2-3-6-19(17)24-22(27)29/h2-3,5-8,15H,4,9-14H2,1H3,(H,24,29). The van der Waals surface area contributed by atoms with Gasteiger partial charge in [-0.05, 0) is 61.9 Å². The normalized spacial score (nSPS) is 15.2. The third-order valence-electron chi connectivity index (χ3n) is 5.56. The fourth-order valence-corrected chi connectivity index (χ4v) is 4.45. The summed E-state index contributed by atoms with van der Waals surface area (Å²) in [5.74, 6) is 0. The summed E-state index contributed by atoms with van der Waals surface area (Å²) in [5, 5.41) is 1.50. The molecule has 0 unspecified atom stereocenters. The Labute approximate surface area is 180 Å². The lowest BCUT2D eigenvalue weighted by Crippen LogP contribution is -2.47. The number of H-pyrrole nitrogens is 1. The number of para-hydroxylation sites is 1. The molecule has 0 aliphatic carbocycles. The topological polar surface area (TPSA) is 44.3 Å². The van der Waals surface area contributed by atoms with Crippen molar-refractivity contribution in [2.45, 2.75) is 19.9 Å². The Balaban J connectivity index is 1.35. The molecule has 4 rings (SSSR count). The van der Waals surface area contributed by atoms with Crippen molar-refractivity contribution in [2.24, 2.45) is 0 Å². The number of fused-ring (bicyclic) bond motifs is 1. The molecule has 0 saturated carbocycles. The SMILES string of the molecule is Cc1ccc(Cl)c(N2CCN(CCCn3c(=S)[nH]c4ccccc4c3=O)CC2)c1. The van der Waals surface area contributed by atoms with E-state index in [1.165, 1.54) is 5.56 Å². The van der Waals surface area contributed by atoms with Gasteiger partial charge in [0.1, 0.15) is 0 Å². The van der Waals surface area contributed by atoms with Crippen LogP contribution in [0.15, 0.2) is 47.3 Å². The number of hydrogen-bond donors (Lipinski definition) is 1. The number of aromatic nitrogens is 2. The van der Waals surface area contributed by atoms with E-state index in [1.807, 2.05) is 36.4 Å². The molecule has 29 heavy (non-hydrogen) atoms. The summed E-state index contributed by atoms with van der Waals surface area (Å²) in [5.41, 5.74) is 3.14. The molecule has 1 aliphatic heterocycles. The van der Waals surface area contributed by atoms with Gasteiger partial charge in [0.15, 0.2) is 4.77 Å². The van der Waals surface area contributed by atoms with E-state index in [0.29, 0.717) is 16.7 Å². The van der Waals surface area contributed by atoms with E-state index >= 15 is 0 Å². The van der Waals surface area contributed by atoms with Crippen LogP contribution >= 0.6 is 23.8 Å². The van der Waals surface area contributed by atoms with Crippen molar-refractivity contribution in [3.8, 4) is 0 Å². The zero-order chi connectivity index (χ0) is 20.4. The predicted octanol–water partition coefficient (Wildman–Crippen LogP) is 4.23. The lowest BCUT2D eigenvalue weighted by Gasteiger charge is -2.36. The molecule has 1 aromatic heterocycles. The monoisotopic (exact) mass is 428 g/mol. The summed E-state index contributed by atoms with van der Waals surface area (Å²) in [4.78, 5) is 20.7. The van der Waals surface area contributed by atoms with Crippen LogP contribution in [-0.4, -0.2) is 47.2 Å². The van der Waals surface area contributed by atoms with Crippen LogP contribution in [-0.2, 0) is 6.54 Å². The first-order valence-electron chi connectivity index (χ1n) is 9.98. The number of rotatable bonds is 5. The van der Waals surface area contributed by atoms with Crippen LogP contribution in [0.3, 0.4) is 0 Å². The predicted molar refractivity (Wildman–Crippen MR) is 123 cm³/mol. The van der Waals surface area contributed by atoms with Gasteiger partial charge in [0.05, 0.1) is 21.6 Å². The minimum Gasteiger partial charge on any atom is -0.368 e. The molecule has 0 amide bonds. The highest BCUT2D eigenvalue weighted by Gasteiger charge is 2.19. The van der Waals surface area contributed by atoms with Gasteiger partial charge in [0, 0.05) is 32.7 Å². The molecular weight excluding hydrogens is 404 g/mol. The Hall–Kier alpha value is -2.15. The molecule has 7 heteroatoms. The number of anilines is 1. The zero-order valence-electron chi connectivity index (χ0n) is 16.5. The Morgan fingerprint density at radius 1 is 1.07 bits per heavy atom. The van der Waals surface area contributed by atoms with Gasteiger partial charge in [-0.15, -0.1) is 0 Å². The van der Waals surface area contributed by atoms with E-state index in [0.717, 1.165) is 55.4 Å². The molecular formula is C22H25ClN4OS. The lowest BCUT2D eigenvalue weighted by atomic mass is 10.2. The minimum atomic E-state index is -0.0109. The van der Waals surface area contributed by atoms with E-state index in [-0.39, 0.29) is 5.56 Å². The van der Waals surface area contributed by atoms with Crippen molar-refractivity contribution in [2.75, 3.05) is 37.6 Å². The van der Waals surface area contributed by atoms with Crippen molar-refractivity contribution >= 4 is 40.4 Å². The van der Waals surface area contributed by atoms with Crippen molar-refractivity contribution in [3.63, 3.8) is 0 Å². The first kappa shape index (κ1) is 20.1. The maximum Gasteiger partial charge on any atom is 0.262 e. The van der Waals surface area contributed by atoms with Gasteiger partial charge in [-0.25, -0.2) is 0 Å². The number of nitrogens with one attached hydrogen (secondary N) is 1. The molecule has 2 heterocycles. The fourth-order valence-electron chi connectivity index (χ4n) is 3.93. The maximum absolute atomic E-state index is 12.7. The summed E-state index contributed by atoms with van der Waals surface area (Å²) < 4.78 is 2.17. The van der Waals surface area contributed by atoms with Crippen molar-refractivity contribution in [3.05, 3.63) is 68.2 Å². The molecule has 5 nitrogen and oxygen atoms in total. The third kappa shape index (κ3) is 4.39. The molecule has 1 aliphatic rings. The number of benzene rings is 2. The van der Waals surface area contributed by atoms with Crippen molar-refractivity contribution < 1.29 is 0 Å². The number of hydrogen-bond acceptors (Lipinski definition) is 4. The fraction of sp³-hybridized carbons (Fsp3) is 0.364. The van der Waals surface area contributed by atoms with Crippen LogP contribution < -0.4 is 10.5 Å². The molecule has 1 N–H and O–H groups in total. The van der Waals surface area contributed by atoms with Crippen LogP contribution in [0, 0.1) is 11.7 Å². The Morgan fingerprint density at radius 3 is 2.62 bits per heavy atom. The molecule has 0 radical (unpaired) electrons. The van der Waals surface area contributed by atoms with Crippen LogP contribution in [0.25, 0.3) is 10.9 Å². The van der Waals surface area contributed by atoms with Crippen molar-refractivity contribution in [1.82, 2.24) is 14.5 Å². The Kier molecular flexibility index (Phi) is 6.04. The van der Waals surface area contributed by atoms with E-state index in [1.54, 1.807) is 4.57 Å². The number of nitrogens with zero attached hydrogens (tertiary/aromatic N) is 3. The molecule has 2 aromatic carbocycles. The number of piperazine rings is 1. The number of halogens is 1. The van der Waals surface area contributed by atoms with Gasteiger partial charge in [-0.1, -0.05) is 29.8 Å². The minimum absolute atomic E-state index is 0.0109. The van der Waals surface area contributed by atoms with Gasteiger partial charge in [-0.3, -0.25) is 14.3 Å². The maximum atomic E-state index is 12.7. The molecule has 1 saturated heterocycles. The summed E-state index contributed by atoms with van der Waals surface area (Å²) >= 11 is 11.8. The number of aryl methyl sites for hydroxylation is 1. The first-order chi connectivity index (χ1) is 14.0. The molecule has 0 bridgehead atoms. The molecule has 152 valence electrons. The van der Waals surface area contributed by atoms with Gasteiger partial charge in [0.25, 0.3) is 5.56 Å². The van der Waals surface area contributed by atoms with E-state index in [4.69, 9.17) is 23.8 Å². The molecule has 1 fully saturated rings. The highest BCUT2D eigenvalue weighted by Crippen LogP contribution is 2.27. The van der Waals surface area contributed by atoms with Crippen LogP contribution in [0.2, 0.25) is 5.02 Å². The second kappa shape index (κ2) is 8.69.